The van der Waals surface area contributed by atoms with Crippen molar-refractivity contribution in [1.29, 1.82) is 0 Å². The van der Waals surface area contributed by atoms with Crippen LogP contribution in [0.1, 0.15) is 29.6 Å². The van der Waals surface area contributed by atoms with Crippen molar-refractivity contribution in [2.24, 2.45) is 0 Å². The van der Waals surface area contributed by atoms with Crippen molar-refractivity contribution >= 4 is 17.5 Å². The lowest BCUT2D eigenvalue weighted by molar-refractivity contribution is -0.129. The van der Waals surface area contributed by atoms with Crippen molar-refractivity contribution in [3.63, 3.8) is 0 Å². The highest BCUT2D eigenvalue weighted by Crippen LogP contribution is 2.12. The molecule has 5 nitrogen and oxygen atoms in total. The lowest BCUT2D eigenvalue weighted by atomic mass is 10.2. The summed E-state index contributed by atoms with van der Waals surface area (Å²) in [6.07, 6.45) is 2.36. The number of nitrogens with zero attached hydrogens (tertiary/aromatic N) is 1. The lowest BCUT2D eigenvalue weighted by Gasteiger charge is -2.15. The minimum Gasteiger partial charge on any atom is -0.396 e. The maximum atomic E-state index is 13.2. The van der Waals surface area contributed by atoms with Crippen molar-refractivity contribution in [1.82, 2.24) is 10.2 Å². The Balaban J connectivity index is 1.79. The third kappa shape index (κ3) is 3.46. The molecule has 1 aromatic rings. The quantitative estimate of drug-likeness (QED) is 0.812. The molecule has 2 rings (SSSR count). The van der Waals surface area contributed by atoms with Gasteiger partial charge in [-0.25, -0.2) is 4.39 Å². The van der Waals surface area contributed by atoms with E-state index in [0.717, 1.165) is 32.0 Å². The molecule has 0 saturated carbocycles. The number of nitrogens with one attached hydrogen (secondary N) is 1. The van der Waals surface area contributed by atoms with Crippen LogP contribution in [0.25, 0.3) is 0 Å². The molecule has 0 spiro atoms. The fourth-order valence-corrected chi connectivity index (χ4v) is 2.18. The smallest absolute Gasteiger partial charge is 0.251 e. The Kier molecular flexibility index (Phi) is 4.55. The van der Waals surface area contributed by atoms with Gasteiger partial charge < -0.3 is 16.0 Å². The van der Waals surface area contributed by atoms with Crippen LogP contribution in [0, 0.1) is 5.82 Å². The van der Waals surface area contributed by atoms with Gasteiger partial charge in [0.05, 0.1) is 5.69 Å². The first-order chi connectivity index (χ1) is 9.58. The third-order valence-electron chi connectivity index (χ3n) is 3.35. The summed E-state index contributed by atoms with van der Waals surface area (Å²) in [6, 6.07) is 3.89. The molecule has 1 heterocycles. The maximum Gasteiger partial charge on any atom is 0.251 e. The molecule has 0 unspecified atom stereocenters. The van der Waals surface area contributed by atoms with Crippen LogP contribution in [0.15, 0.2) is 18.2 Å². The molecule has 3 N–H and O–H groups in total. The summed E-state index contributed by atoms with van der Waals surface area (Å²) < 4.78 is 13.2. The first-order valence-corrected chi connectivity index (χ1v) is 6.69. The Hall–Kier alpha value is -2.11. The summed E-state index contributed by atoms with van der Waals surface area (Å²) in [6.45, 7) is 1.85. The van der Waals surface area contributed by atoms with Gasteiger partial charge in [-0.1, -0.05) is 0 Å². The molecule has 1 aliphatic rings. The molecular formula is C14H18FN3O2. The van der Waals surface area contributed by atoms with E-state index >= 15 is 0 Å². The molecule has 1 aromatic carbocycles. The average Bonchev–Trinajstić information content (AvgIpc) is 2.95. The molecule has 0 radical (unpaired) electrons. The van der Waals surface area contributed by atoms with Gasteiger partial charge in [0.15, 0.2) is 0 Å². The van der Waals surface area contributed by atoms with E-state index in [1.165, 1.54) is 12.1 Å². The van der Waals surface area contributed by atoms with Crippen molar-refractivity contribution < 1.29 is 14.0 Å². The zero-order valence-corrected chi connectivity index (χ0v) is 11.2. The zero-order valence-electron chi connectivity index (χ0n) is 11.2. The molecule has 6 heteroatoms. The van der Waals surface area contributed by atoms with Crippen LogP contribution in [0.3, 0.4) is 0 Å². The number of benzene rings is 1. The molecule has 0 aromatic heterocycles. The Morgan fingerprint density at radius 2 is 2.00 bits per heavy atom. The van der Waals surface area contributed by atoms with Crippen LogP contribution in [-0.4, -0.2) is 36.3 Å². The van der Waals surface area contributed by atoms with E-state index in [-0.39, 0.29) is 30.1 Å². The second-order valence-corrected chi connectivity index (χ2v) is 4.83. The van der Waals surface area contributed by atoms with E-state index in [4.69, 9.17) is 5.73 Å². The van der Waals surface area contributed by atoms with Gasteiger partial charge in [0.1, 0.15) is 5.82 Å². The topological polar surface area (TPSA) is 75.4 Å². The van der Waals surface area contributed by atoms with Crippen LogP contribution in [0.2, 0.25) is 0 Å². The third-order valence-corrected chi connectivity index (χ3v) is 3.35. The summed E-state index contributed by atoms with van der Waals surface area (Å²) in [4.78, 5) is 25.3. The fraction of sp³-hybridized carbons (Fsp3) is 0.429. The monoisotopic (exact) mass is 279 g/mol. The van der Waals surface area contributed by atoms with Crippen molar-refractivity contribution in [3.8, 4) is 0 Å². The number of likely N-dealkylation sites (tertiary alicyclic amines) is 1. The number of halogens is 1. The minimum atomic E-state index is -0.620. The van der Waals surface area contributed by atoms with E-state index in [1.54, 1.807) is 4.90 Å². The van der Waals surface area contributed by atoms with Crippen LogP contribution >= 0.6 is 0 Å². The predicted molar refractivity (Wildman–Crippen MR) is 73.6 cm³/mol. The summed E-state index contributed by atoms with van der Waals surface area (Å²) in [5.74, 6) is -0.977. The number of carbonyl (C=O) groups excluding carboxylic acids is 2. The van der Waals surface area contributed by atoms with Gasteiger partial charge in [-0.2, -0.15) is 0 Å². The Labute approximate surface area is 116 Å². The van der Waals surface area contributed by atoms with Gasteiger partial charge in [-0.3, -0.25) is 9.59 Å². The summed E-state index contributed by atoms with van der Waals surface area (Å²) >= 11 is 0. The van der Waals surface area contributed by atoms with E-state index in [1.807, 2.05) is 0 Å². The van der Waals surface area contributed by atoms with E-state index in [0.29, 0.717) is 0 Å². The molecule has 0 bridgehead atoms. The SMILES string of the molecule is Nc1ccc(C(=O)NCCC(=O)N2CCCC2)cc1F. The summed E-state index contributed by atoms with van der Waals surface area (Å²) in [5, 5.41) is 2.61. The number of hydrogen-bond donors (Lipinski definition) is 2. The number of anilines is 1. The molecule has 108 valence electrons. The second-order valence-electron chi connectivity index (χ2n) is 4.83. The highest BCUT2D eigenvalue weighted by atomic mass is 19.1. The molecule has 1 fully saturated rings. The van der Waals surface area contributed by atoms with Crippen molar-refractivity contribution in [3.05, 3.63) is 29.6 Å². The second kappa shape index (κ2) is 6.36. The zero-order chi connectivity index (χ0) is 14.5. The number of carbonyl (C=O) groups is 2. The molecule has 1 aliphatic heterocycles. The minimum absolute atomic E-state index is 0.00533. The number of amides is 2. The lowest BCUT2D eigenvalue weighted by Crippen LogP contribution is -2.32. The first-order valence-electron chi connectivity index (χ1n) is 6.69. The number of rotatable bonds is 4. The normalized spacial score (nSPS) is 14.3. The van der Waals surface area contributed by atoms with Crippen LogP contribution in [-0.2, 0) is 4.79 Å². The van der Waals surface area contributed by atoms with Crippen LogP contribution < -0.4 is 11.1 Å². The maximum absolute atomic E-state index is 13.2. The largest absolute Gasteiger partial charge is 0.396 e. The van der Waals surface area contributed by atoms with E-state index in [2.05, 4.69) is 5.32 Å². The molecule has 0 aliphatic carbocycles. The van der Waals surface area contributed by atoms with Gasteiger partial charge in [0.25, 0.3) is 5.91 Å². The average molecular weight is 279 g/mol. The molecule has 0 atom stereocenters. The number of nitrogens with two attached hydrogens (primary N) is 1. The van der Waals surface area contributed by atoms with E-state index < -0.39 is 11.7 Å². The number of nitrogen functional groups attached to an aromatic ring is 1. The first kappa shape index (κ1) is 14.3. The Bertz CT molecular complexity index is 513. The molecule has 20 heavy (non-hydrogen) atoms. The Morgan fingerprint density at radius 1 is 1.30 bits per heavy atom. The van der Waals surface area contributed by atoms with Gasteiger partial charge in [-0.15, -0.1) is 0 Å². The fourth-order valence-electron chi connectivity index (χ4n) is 2.18. The Morgan fingerprint density at radius 3 is 2.65 bits per heavy atom. The predicted octanol–water partition coefficient (Wildman–Crippen LogP) is 1.15. The van der Waals surface area contributed by atoms with Gasteiger partial charge in [0.2, 0.25) is 5.91 Å². The standard InChI is InChI=1S/C14H18FN3O2/c15-11-9-10(3-4-12(11)16)14(20)17-6-5-13(19)18-7-1-2-8-18/h3-4,9H,1-2,5-8,16H2,(H,17,20). The summed E-state index contributed by atoms with van der Waals surface area (Å²) in [7, 11) is 0. The van der Waals surface area contributed by atoms with Crippen LogP contribution in [0.4, 0.5) is 10.1 Å². The molecule has 1 saturated heterocycles. The molecule has 2 amide bonds. The van der Waals surface area contributed by atoms with Gasteiger partial charge >= 0.3 is 0 Å². The van der Waals surface area contributed by atoms with Gasteiger partial charge in [0, 0.05) is 31.6 Å². The van der Waals surface area contributed by atoms with Crippen molar-refractivity contribution in [2.75, 3.05) is 25.4 Å². The number of hydrogen-bond acceptors (Lipinski definition) is 3. The highest BCUT2D eigenvalue weighted by Gasteiger charge is 2.17. The summed E-state index contributed by atoms with van der Waals surface area (Å²) in [5.41, 5.74) is 5.55. The van der Waals surface area contributed by atoms with Crippen LogP contribution in [0.5, 0.6) is 0 Å². The van der Waals surface area contributed by atoms with Crippen molar-refractivity contribution in [2.45, 2.75) is 19.3 Å². The van der Waals surface area contributed by atoms with Gasteiger partial charge in [-0.05, 0) is 31.0 Å². The molecular weight excluding hydrogens is 261 g/mol. The highest BCUT2D eigenvalue weighted by molar-refractivity contribution is 5.94. The van der Waals surface area contributed by atoms with E-state index in [9.17, 15) is 14.0 Å².